The molecule has 2 heterocycles. The molecule has 0 fully saturated rings. The van der Waals surface area contributed by atoms with Gasteiger partial charge in [0.25, 0.3) is 0 Å². The van der Waals surface area contributed by atoms with Crippen molar-refractivity contribution in [2.24, 2.45) is 0 Å². The molecule has 0 amide bonds. The van der Waals surface area contributed by atoms with Gasteiger partial charge in [0, 0.05) is 22.7 Å². The number of para-hydroxylation sites is 1. The summed E-state index contributed by atoms with van der Waals surface area (Å²) in [5, 5.41) is 2.46. The molecule has 0 bridgehead atoms. The maximum atomic E-state index is 4.48. The van der Waals surface area contributed by atoms with E-state index in [2.05, 4.69) is 131 Å². The molecule has 37 heavy (non-hydrogen) atoms. The fourth-order valence-corrected chi connectivity index (χ4v) is 6.08. The van der Waals surface area contributed by atoms with Crippen molar-refractivity contribution >= 4 is 21.8 Å². The van der Waals surface area contributed by atoms with Crippen LogP contribution in [-0.4, -0.2) is 9.55 Å². The van der Waals surface area contributed by atoms with Crippen molar-refractivity contribution in [3.8, 4) is 50.2 Å². The number of hydrogen-bond donors (Lipinski definition) is 0. The summed E-state index contributed by atoms with van der Waals surface area (Å²) in [6.45, 7) is 0. The van der Waals surface area contributed by atoms with E-state index in [-0.39, 0.29) is 0 Å². The molecule has 5 aromatic carbocycles. The van der Waals surface area contributed by atoms with Crippen LogP contribution in [0.3, 0.4) is 0 Å². The number of pyridine rings is 1. The zero-order chi connectivity index (χ0) is 24.3. The lowest BCUT2D eigenvalue weighted by Gasteiger charge is -2.23. The first kappa shape index (κ1) is 20.3. The van der Waals surface area contributed by atoms with E-state index in [1.54, 1.807) is 0 Å². The number of nitrogens with zero attached hydrogens (tertiary/aromatic N) is 2. The highest BCUT2D eigenvalue weighted by Gasteiger charge is 2.22. The molecule has 0 aliphatic heterocycles. The quantitative estimate of drug-likeness (QED) is 0.234. The standard InChI is InChI=1S/C35H22N2/c1-2-10-25-24(9-1)26-11-3-4-13-28(26)30-18-17-23(21-33(30)29-14-6-5-12-27(25)29)37-34-16-8-7-15-31(34)32-19-20-36-22-35(32)37/h1-22H. The number of aromatic nitrogens is 2. The maximum Gasteiger partial charge on any atom is 0.0724 e. The van der Waals surface area contributed by atoms with Gasteiger partial charge in [-0.3, -0.25) is 4.98 Å². The first-order valence-electron chi connectivity index (χ1n) is 12.6. The number of hydrogen-bond acceptors (Lipinski definition) is 1. The minimum Gasteiger partial charge on any atom is -0.308 e. The smallest absolute Gasteiger partial charge is 0.0724 e. The molecule has 0 unspecified atom stereocenters. The average molecular weight is 471 g/mol. The highest BCUT2D eigenvalue weighted by Crippen LogP contribution is 2.48. The van der Waals surface area contributed by atoms with Crippen LogP contribution in [0.25, 0.3) is 72.0 Å². The van der Waals surface area contributed by atoms with Gasteiger partial charge in [-0.2, -0.15) is 0 Å². The Morgan fingerprint density at radius 2 is 0.892 bits per heavy atom. The van der Waals surface area contributed by atoms with E-state index in [1.165, 1.54) is 60.8 Å². The van der Waals surface area contributed by atoms with Crippen LogP contribution in [0.2, 0.25) is 0 Å². The monoisotopic (exact) mass is 470 g/mol. The Morgan fingerprint density at radius 3 is 1.51 bits per heavy atom. The van der Waals surface area contributed by atoms with Crippen molar-refractivity contribution in [2.75, 3.05) is 0 Å². The lowest BCUT2D eigenvalue weighted by Crippen LogP contribution is -1.99. The summed E-state index contributed by atoms with van der Waals surface area (Å²) in [7, 11) is 0. The van der Waals surface area contributed by atoms with Gasteiger partial charge in [0.1, 0.15) is 0 Å². The molecule has 2 heteroatoms. The van der Waals surface area contributed by atoms with E-state index in [0.29, 0.717) is 0 Å². The predicted molar refractivity (Wildman–Crippen MR) is 154 cm³/mol. The van der Waals surface area contributed by atoms with Crippen molar-refractivity contribution in [3.05, 3.63) is 134 Å². The van der Waals surface area contributed by atoms with Gasteiger partial charge in [-0.25, -0.2) is 0 Å². The van der Waals surface area contributed by atoms with Gasteiger partial charge in [0.2, 0.25) is 0 Å². The first-order chi connectivity index (χ1) is 18.4. The SMILES string of the molecule is c1ccc2c(c1)-c1ccccc1-c1ccc(-n3c4ccccc4c4ccncc43)cc1-c1ccccc1-2. The van der Waals surface area contributed by atoms with Gasteiger partial charge in [0.05, 0.1) is 17.2 Å². The number of rotatable bonds is 1. The molecule has 8 rings (SSSR count). The summed E-state index contributed by atoms with van der Waals surface area (Å²) in [4.78, 5) is 4.48. The zero-order valence-corrected chi connectivity index (χ0v) is 20.1. The fourth-order valence-electron chi connectivity index (χ4n) is 6.08. The second kappa shape index (κ2) is 7.78. The number of benzene rings is 5. The fraction of sp³-hybridized carbons (Fsp3) is 0. The topological polar surface area (TPSA) is 17.8 Å². The van der Waals surface area contributed by atoms with Gasteiger partial charge < -0.3 is 4.57 Å². The van der Waals surface area contributed by atoms with Crippen LogP contribution in [-0.2, 0) is 0 Å². The second-order valence-electron chi connectivity index (χ2n) is 9.61. The molecule has 172 valence electrons. The van der Waals surface area contributed by atoms with E-state index in [1.807, 2.05) is 12.4 Å². The zero-order valence-electron chi connectivity index (χ0n) is 20.1. The Hall–Kier alpha value is -4.95. The Kier molecular flexibility index (Phi) is 4.26. The lowest BCUT2D eigenvalue weighted by atomic mass is 9.81. The maximum absolute atomic E-state index is 4.48. The van der Waals surface area contributed by atoms with Crippen molar-refractivity contribution in [1.29, 1.82) is 0 Å². The highest BCUT2D eigenvalue weighted by atomic mass is 15.0. The Balaban J connectivity index is 1.49. The second-order valence-corrected chi connectivity index (χ2v) is 9.61. The van der Waals surface area contributed by atoms with E-state index >= 15 is 0 Å². The van der Waals surface area contributed by atoms with E-state index < -0.39 is 0 Å². The van der Waals surface area contributed by atoms with Crippen molar-refractivity contribution < 1.29 is 0 Å². The first-order valence-corrected chi connectivity index (χ1v) is 12.6. The third-order valence-corrected chi connectivity index (χ3v) is 7.68. The highest BCUT2D eigenvalue weighted by molar-refractivity contribution is 6.09. The van der Waals surface area contributed by atoms with Crippen LogP contribution in [0.4, 0.5) is 0 Å². The van der Waals surface area contributed by atoms with Crippen LogP contribution in [0.1, 0.15) is 0 Å². The Labute approximate surface area is 215 Å². The van der Waals surface area contributed by atoms with Gasteiger partial charge in [-0.05, 0) is 68.8 Å². The average Bonchev–Trinajstić information content (AvgIpc) is 3.31. The molecule has 0 saturated carbocycles. The third kappa shape index (κ3) is 2.90. The summed E-state index contributed by atoms with van der Waals surface area (Å²) in [5.41, 5.74) is 13.5. The molecule has 2 nitrogen and oxygen atoms in total. The molecule has 1 aliphatic rings. The predicted octanol–water partition coefficient (Wildman–Crippen LogP) is 9.16. The molecular formula is C35H22N2. The third-order valence-electron chi connectivity index (χ3n) is 7.68. The van der Waals surface area contributed by atoms with Gasteiger partial charge >= 0.3 is 0 Å². The molecule has 0 radical (unpaired) electrons. The van der Waals surface area contributed by atoms with Crippen LogP contribution in [0, 0.1) is 0 Å². The summed E-state index contributed by atoms with van der Waals surface area (Å²) in [6.07, 6.45) is 3.86. The van der Waals surface area contributed by atoms with Crippen LogP contribution in [0.5, 0.6) is 0 Å². The van der Waals surface area contributed by atoms with Crippen LogP contribution >= 0.6 is 0 Å². The summed E-state index contributed by atoms with van der Waals surface area (Å²) >= 11 is 0. The van der Waals surface area contributed by atoms with Crippen LogP contribution in [0.15, 0.2) is 134 Å². The van der Waals surface area contributed by atoms with Crippen LogP contribution < -0.4 is 0 Å². The minimum absolute atomic E-state index is 1.12. The molecular weight excluding hydrogens is 448 g/mol. The molecule has 0 saturated heterocycles. The molecule has 0 atom stereocenters. The van der Waals surface area contributed by atoms with Crippen molar-refractivity contribution in [3.63, 3.8) is 0 Å². The molecule has 2 aromatic heterocycles. The number of fused-ring (bicyclic) bond motifs is 11. The normalized spacial score (nSPS) is 11.8. The summed E-state index contributed by atoms with van der Waals surface area (Å²) < 4.78 is 2.35. The van der Waals surface area contributed by atoms with Gasteiger partial charge in [-0.1, -0.05) is 97.1 Å². The van der Waals surface area contributed by atoms with Crippen molar-refractivity contribution in [1.82, 2.24) is 9.55 Å². The summed E-state index contributed by atoms with van der Waals surface area (Å²) in [5.74, 6) is 0. The molecule has 0 spiro atoms. The Bertz CT molecular complexity index is 1930. The minimum atomic E-state index is 1.12. The van der Waals surface area contributed by atoms with Gasteiger partial charge in [0.15, 0.2) is 0 Å². The van der Waals surface area contributed by atoms with E-state index in [9.17, 15) is 0 Å². The molecule has 1 aliphatic carbocycles. The van der Waals surface area contributed by atoms with Crippen molar-refractivity contribution in [2.45, 2.75) is 0 Å². The van der Waals surface area contributed by atoms with Gasteiger partial charge in [-0.15, -0.1) is 0 Å². The van der Waals surface area contributed by atoms with E-state index in [0.717, 1.165) is 11.2 Å². The molecule has 7 aromatic rings. The van der Waals surface area contributed by atoms with E-state index in [4.69, 9.17) is 0 Å². The Morgan fingerprint density at radius 1 is 0.405 bits per heavy atom. The molecule has 0 N–H and O–H groups in total. The lowest BCUT2D eigenvalue weighted by molar-refractivity contribution is 1.17. The largest absolute Gasteiger partial charge is 0.308 e. The summed E-state index contributed by atoms with van der Waals surface area (Å²) in [6, 6.07) is 44.0.